The molecule has 2 saturated heterocycles. The summed E-state index contributed by atoms with van der Waals surface area (Å²) >= 11 is 0. The monoisotopic (exact) mass is 549 g/mol. The van der Waals surface area contributed by atoms with Gasteiger partial charge in [0.1, 0.15) is 11.6 Å². The standard InChI is InChI=1S/C32H43N3O5/c1-3-4-9-18-33-19-13-17-32-26(29(38)35(27(32)30(33)39)21-10-6-11-22-36)25-28(37)34(20-12-16-31(25,2)40-32)23-24-14-7-5-8-15-24/h5,7-8,12-17,25-27,36H,3-4,6,9-11,18-23H2,1-2H3/t25-,26+,27?,31+,32+/m1/s1. The number of rotatable bonds is 11. The number of aliphatic hydroxyl groups is 1. The van der Waals surface area contributed by atoms with E-state index in [1.807, 2.05) is 66.5 Å². The Morgan fingerprint density at radius 2 is 1.57 bits per heavy atom. The molecule has 1 aromatic rings. The van der Waals surface area contributed by atoms with Crippen LogP contribution in [0.15, 0.2) is 54.6 Å². The average molecular weight is 550 g/mol. The van der Waals surface area contributed by atoms with Gasteiger partial charge in [0.15, 0.2) is 0 Å². The first-order valence-corrected chi connectivity index (χ1v) is 14.9. The number of carbonyl (C=O) groups excluding carboxylic acids is 3. The molecule has 8 heteroatoms. The van der Waals surface area contributed by atoms with Crippen molar-refractivity contribution in [2.24, 2.45) is 11.8 Å². The number of aliphatic hydroxyl groups excluding tert-OH is 1. The normalized spacial score (nSPS) is 31.3. The lowest BCUT2D eigenvalue weighted by Crippen LogP contribution is -2.56. The molecule has 4 heterocycles. The molecule has 4 aliphatic heterocycles. The quantitative estimate of drug-likeness (QED) is 0.338. The van der Waals surface area contributed by atoms with Gasteiger partial charge >= 0.3 is 0 Å². The number of fused-ring (bicyclic) bond motifs is 2. The Morgan fingerprint density at radius 3 is 2.33 bits per heavy atom. The van der Waals surface area contributed by atoms with Gasteiger partial charge < -0.3 is 24.5 Å². The number of amides is 3. The maximum absolute atomic E-state index is 14.4. The molecule has 3 amide bonds. The van der Waals surface area contributed by atoms with E-state index in [1.165, 1.54) is 0 Å². The lowest BCUT2D eigenvalue weighted by Gasteiger charge is -2.37. The van der Waals surface area contributed by atoms with Crippen LogP contribution >= 0.6 is 0 Å². The second-order valence-electron chi connectivity index (χ2n) is 11.8. The zero-order chi connectivity index (χ0) is 28.3. The molecule has 1 aromatic carbocycles. The van der Waals surface area contributed by atoms with Crippen molar-refractivity contribution in [3.63, 3.8) is 0 Å². The predicted molar refractivity (Wildman–Crippen MR) is 152 cm³/mol. The molecule has 216 valence electrons. The summed E-state index contributed by atoms with van der Waals surface area (Å²) in [5, 5.41) is 9.27. The van der Waals surface area contributed by atoms with Crippen molar-refractivity contribution in [2.45, 2.75) is 76.2 Å². The van der Waals surface area contributed by atoms with Crippen molar-refractivity contribution < 1.29 is 24.2 Å². The summed E-state index contributed by atoms with van der Waals surface area (Å²) in [4.78, 5) is 48.2. The number of hydrogen-bond donors (Lipinski definition) is 1. The fourth-order valence-electron chi connectivity index (χ4n) is 7.13. The van der Waals surface area contributed by atoms with Crippen LogP contribution in [0.25, 0.3) is 0 Å². The third-order valence-electron chi connectivity index (χ3n) is 9.03. The summed E-state index contributed by atoms with van der Waals surface area (Å²) < 4.78 is 6.90. The molecule has 0 aliphatic carbocycles. The van der Waals surface area contributed by atoms with Gasteiger partial charge in [-0.2, -0.15) is 0 Å². The molecule has 1 unspecified atom stereocenters. The number of nitrogens with zero attached hydrogens (tertiary/aromatic N) is 3. The second-order valence-corrected chi connectivity index (χ2v) is 11.8. The SMILES string of the molecule is CCCCCN1CC=C[C@]23O[C@@]4(C)C=CCN(Cc5ccccc5)C(=O)[C@H]4[C@H]2C(=O)N(CCCCCO)C3C1=O. The van der Waals surface area contributed by atoms with Gasteiger partial charge in [0.2, 0.25) is 17.7 Å². The van der Waals surface area contributed by atoms with E-state index in [4.69, 9.17) is 4.74 Å². The van der Waals surface area contributed by atoms with Crippen LogP contribution < -0.4 is 0 Å². The third kappa shape index (κ3) is 5.00. The highest BCUT2D eigenvalue weighted by molar-refractivity contribution is 6.00. The molecular weight excluding hydrogens is 506 g/mol. The van der Waals surface area contributed by atoms with Crippen LogP contribution in [-0.2, 0) is 25.7 Å². The molecule has 1 spiro atoms. The third-order valence-corrected chi connectivity index (χ3v) is 9.03. The summed E-state index contributed by atoms with van der Waals surface area (Å²) in [6, 6.07) is 9.05. The van der Waals surface area contributed by atoms with Crippen molar-refractivity contribution in [3.05, 3.63) is 60.2 Å². The van der Waals surface area contributed by atoms with Crippen LogP contribution in [-0.4, -0.2) is 87.6 Å². The van der Waals surface area contributed by atoms with Crippen molar-refractivity contribution in [1.29, 1.82) is 0 Å². The van der Waals surface area contributed by atoms with E-state index >= 15 is 0 Å². The summed E-state index contributed by atoms with van der Waals surface area (Å²) in [5.41, 5.74) is -1.19. The van der Waals surface area contributed by atoms with Crippen LogP contribution in [0.2, 0.25) is 0 Å². The highest BCUT2D eigenvalue weighted by Crippen LogP contribution is 2.57. The summed E-state index contributed by atoms with van der Waals surface area (Å²) in [5.74, 6) is -1.92. The van der Waals surface area contributed by atoms with Gasteiger partial charge in [-0.15, -0.1) is 0 Å². The molecule has 8 nitrogen and oxygen atoms in total. The van der Waals surface area contributed by atoms with Crippen molar-refractivity contribution >= 4 is 17.7 Å². The minimum atomic E-state index is -1.21. The lowest BCUT2D eigenvalue weighted by molar-refractivity contribution is -0.153. The van der Waals surface area contributed by atoms with Gasteiger partial charge in [-0.1, -0.05) is 74.4 Å². The maximum atomic E-state index is 14.4. The smallest absolute Gasteiger partial charge is 0.249 e. The fourth-order valence-corrected chi connectivity index (χ4v) is 7.13. The van der Waals surface area contributed by atoms with Crippen molar-refractivity contribution in [3.8, 4) is 0 Å². The first kappa shape index (κ1) is 28.6. The Morgan fingerprint density at radius 1 is 0.850 bits per heavy atom. The van der Waals surface area contributed by atoms with Crippen LogP contribution in [0.3, 0.4) is 0 Å². The van der Waals surface area contributed by atoms with E-state index in [9.17, 15) is 19.5 Å². The summed E-state index contributed by atoms with van der Waals surface area (Å²) in [6.07, 6.45) is 12.8. The number of ether oxygens (including phenoxy) is 1. The Kier molecular flexibility index (Phi) is 8.47. The molecule has 5 rings (SSSR count). The lowest BCUT2D eigenvalue weighted by atomic mass is 9.74. The van der Waals surface area contributed by atoms with E-state index in [0.717, 1.165) is 31.2 Å². The minimum absolute atomic E-state index is 0.0957. The second kappa shape index (κ2) is 11.9. The number of likely N-dealkylation sites (tertiary alicyclic amines) is 1. The molecule has 1 N–H and O–H groups in total. The molecule has 0 radical (unpaired) electrons. The van der Waals surface area contributed by atoms with Gasteiger partial charge in [0, 0.05) is 39.3 Å². The van der Waals surface area contributed by atoms with Crippen LogP contribution in [0.1, 0.15) is 57.9 Å². The van der Waals surface area contributed by atoms with E-state index in [2.05, 4.69) is 6.92 Å². The Hall–Kier alpha value is -2.97. The van der Waals surface area contributed by atoms with E-state index < -0.39 is 29.1 Å². The Labute approximate surface area is 237 Å². The summed E-state index contributed by atoms with van der Waals surface area (Å²) in [6.45, 7) is 6.50. The number of hydrogen-bond acceptors (Lipinski definition) is 5. The van der Waals surface area contributed by atoms with Crippen LogP contribution in [0.4, 0.5) is 0 Å². The number of carbonyl (C=O) groups is 3. The van der Waals surface area contributed by atoms with Gasteiger partial charge in [-0.05, 0) is 38.2 Å². The molecular formula is C32H43N3O5. The highest BCUT2D eigenvalue weighted by Gasteiger charge is 2.74. The predicted octanol–water partition coefficient (Wildman–Crippen LogP) is 3.31. The average Bonchev–Trinajstić information content (AvgIpc) is 3.22. The molecule has 0 bridgehead atoms. The molecule has 40 heavy (non-hydrogen) atoms. The zero-order valence-electron chi connectivity index (χ0n) is 23.8. The topological polar surface area (TPSA) is 90.4 Å². The number of unbranched alkanes of at least 4 members (excludes halogenated alkanes) is 4. The minimum Gasteiger partial charge on any atom is -0.396 e. The molecule has 4 aliphatic rings. The largest absolute Gasteiger partial charge is 0.396 e. The van der Waals surface area contributed by atoms with Crippen molar-refractivity contribution in [1.82, 2.24) is 14.7 Å². The first-order valence-electron chi connectivity index (χ1n) is 14.9. The van der Waals surface area contributed by atoms with Crippen LogP contribution in [0.5, 0.6) is 0 Å². The first-order chi connectivity index (χ1) is 19.4. The van der Waals surface area contributed by atoms with Gasteiger partial charge in [-0.3, -0.25) is 14.4 Å². The van der Waals surface area contributed by atoms with E-state index in [1.54, 1.807) is 9.80 Å². The Balaban J connectivity index is 1.51. The van der Waals surface area contributed by atoms with Gasteiger partial charge in [0.05, 0.1) is 17.4 Å². The number of benzene rings is 1. The molecule has 2 fully saturated rings. The fraction of sp³-hybridized carbons (Fsp3) is 0.594. The van der Waals surface area contributed by atoms with E-state index in [0.29, 0.717) is 45.6 Å². The summed E-state index contributed by atoms with van der Waals surface area (Å²) in [7, 11) is 0. The molecule has 0 saturated carbocycles. The van der Waals surface area contributed by atoms with Crippen LogP contribution in [0, 0.1) is 11.8 Å². The molecule has 5 atom stereocenters. The Bertz CT molecular complexity index is 1150. The van der Waals surface area contributed by atoms with E-state index in [-0.39, 0.29) is 24.3 Å². The van der Waals surface area contributed by atoms with Gasteiger partial charge in [-0.25, -0.2) is 0 Å². The van der Waals surface area contributed by atoms with Crippen molar-refractivity contribution in [2.75, 3.05) is 32.8 Å². The van der Waals surface area contributed by atoms with Gasteiger partial charge in [0.25, 0.3) is 0 Å². The zero-order valence-corrected chi connectivity index (χ0v) is 23.8. The maximum Gasteiger partial charge on any atom is 0.249 e. The molecule has 0 aromatic heterocycles. The highest BCUT2D eigenvalue weighted by atomic mass is 16.5.